The third-order valence-corrected chi connectivity index (χ3v) is 7.53. The monoisotopic (exact) mass is 487 g/mol. The minimum atomic E-state index is -1.06. The van der Waals surface area contributed by atoms with E-state index >= 15 is 0 Å². The van der Waals surface area contributed by atoms with Gasteiger partial charge in [0.25, 0.3) is 0 Å². The molecule has 2 heterocycles. The molecule has 7 heteroatoms. The predicted molar refractivity (Wildman–Crippen MR) is 135 cm³/mol. The van der Waals surface area contributed by atoms with E-state index in [1.165, 1.54) is 22.3 Å². The van der Waals surface area contributed by atoms with Gasteiger partial charge in [-0.05, 0) is 62.3 Å². The van der Waals surface area contributed by atoms with E-state index < -0.39 is 17.2 Å². The minimum absolute atomic E-state index is 0.00184. The molecule has 2 unspecified atom stereocenters. The fourth-order valence-electron chi connectivity index (χ4n) is 6.14. The van der Waals surface area contributed by atoms with E-state index in [1.54, 1.807) is 20.8 Å². The van der Waals surface area contributed by atoms with Crippen molar-refractivity contribution in [1.29, 1.82) is 5.26 Å². The summed E-state index contributed by atoms with van der Waals surface area (Å²) in [4.78, 5) is 27.7. The number of alkyl carbamates (subject to hydrolysis) is 1. The second kappa shape index (κ2) is 9.16. The maximum Gasteiger partial charge on any atom is 0.410 e. The molecule has 2 atom stereocenters. The number of nitrogens with one attached hydrogen (secondary N) is 1. The lowest BCUT2D eigenvalue weighted by molar-refractivity contribution is -0.00368. The van der Waals surface area contributed by atoms with Crippen LogP contribution >= 0.6 is 0 Å². The number of nitrogens with zero attached hydrogens (tertiary/aromatic N) is 2. The molecule has 2 fully saturated rings. The highest BCUT2D eigenvalue weighted by molar-refractivity contribution is 5.79. The van der Waals surface area contributed by atoms with Crippen molar-refractivity contribution in [3.8, 4) is 17.2 Å². The van der Waals surface area contributed by atoms with Crippen LogP contribution in [0, 0.1) is 11.3 Å². The number of rotatable bonds is 3. The molecular weight excluding hydrogens is 454 g/mol. The van der Waals surface area contributed by atoms with E-state index in [0.717, 1.165) is 19.3 Å². The summed E-state index contributed by atoms with van der Waals surface area (Å²) in [6.45, 7) is 5.64. The van der Waals surface area contributed by atoms with E-state index in [-0.39, 0.29) is 30.7 Å². The van der Waals surface area contributed by atoms with Crippen LogP contribution in [0.15, 0.2) is 48.5 Å². The van der Waals surface area contributed by atoms with Gasteiger partial charge in [-0.1, -0.05) is 48.5 Å². The van der Waals surface area contributed by atoms with E-state index in [4.69, 9.17) is 9.47 Å². The van der Waals surface area contributed by atoms with E-state index in [2.05, 4.69) is 35.7 Å². The summed E-state index contributed by atoms with van der Waals surface area (Å²) in [5, 5.41) is 12.9. The third kappa shape index (κ3) is 4.53. The van der Waals surface area contributed by atoms with Gasteiger partial charge in [0.05, 0.1) is 6.07 Å². The minimum Gasteiger partial charge on any atom is -0.448 e. The Hall–Kier alpha value is -3.53. The SMILES string of the molecule is CC(C)(C)OC(=O)NC1(C#N)CC2CCCC(C1)N2C(=O)OCC1c2ccccc2-c2ccccc21. The molecule has 188 valence electrons. The Bertz CT molecular complexity index is 1150. The number of benzene rings is 2. The number of hydrogen-bond donors (Lipinski definition) is 1. The van der Waals surface area contributed by atoms with Crippen molar-refractivity contribution >= 4 is 12.2 Å². The number of nitriles is 1. The highest BCUT2D eigenvalue weighted by Gasteiger charge is 2.50. The van der Waals surface area contributed by atoms with Crippen LogP contribution in [0.1, 0.15) is 69.9 Å². The van der Waals surface area contributed by atoms with E-state index in [0.29, 0.717) is 12.8 Å². The number of hydrogen-bond acceptors (Lipinski definition) is 5. The molecule has 2 aromatic rings. The molecular formula is C29H33N3O4. The first kappa shape index (κ1) is 24.2. The molecule has 2 saturated heterocycles. The van der Waals surface area contributed by atoms with Crippen LogP contribution in [0.3, 0.4) is 0 Å². The molecule has 5 rings (SSSR count). The van der Waals surface area contributed by atoms with Crippen LogP contribution in [-0.4, -0.2) is 46.9 Å². The number of fused-ring (bicyclic) bond motifs is 5. The van der Waals surface area contributed by atoms with Crippen LogP contribution in [0.2, 0.25) is 0 Å². The largest absolute Gasteiger partial charge is 0.448 e. The Balaban J connectivity index is 1.29. The van der Waals surface area contributed by atoms with Gasteiger partial charge >= 0.3 is 12.2 Å². The maximum atomic E-state index is 13.4. The molecule has 0 aromatic heterocycles. The second-order valence-corrected chi connectivity index (χ2v) is 11.2. The van der Waals surface area contributed by atoms with Crippen molar-refractivity contribution in [2.24, 2.45) is 0 Å². The summed E-state index contributed by atoms with van der Waals surface area (Å²) >= 11 is 0. The van der Waals surface area contributed by atoms with Crippen molar-refractivity contribution < 1.29 is 19.1 Å². The number of carbonyl (C=O) groups is 2. The van der Waals surface area contributed by atoms with Crippen LogP contribution in [-0.2, 0) is 9.47 Å². The van der Waals surface area contributed by atoms with Gasteiger partial charge in [0.2, 0.25) is 0 Å². The predicted octanol–water partition coefficient (Wildman–Crippen LogP) is 5.74. The smallest absolute Gasteiger partial charge is 0.410 e. The van der Waals surface area contributed by atoms with Crippen molar-refractivity contribution in [2.75, 3.05) is 6.61 Å². The summed E-state index contributed by atoms with van der Waals surface area (Å²) < 4.78 is 11.4. The molecule has 36 heavy (non-hydrogen) atoms. The number of ether oxygens (including phenoxy) is 2. The number of carbonyl (C=O) groups excluding carboxylic acids is 2. The van der Waals surface area contributed by atoms with Gasteiger partial charge in [-0.3, -0.25) is 0 Å². The summed E-state index contributed by atoms with van der Waals surface area (Å²) in [6.07, 6.45) is 2.33. The molecule has 0 spiro atoms. The van der Waals surface area contributed by atoms with Crippen LogP contribution < -0.4 is 5.32 Å². The molecule has 2 aliphatic heterocycles. The van der Waals surface area contributed by atoms with Gasteiger partial charge in [-0.15, -0.1) is 0 Å². The standard InChI is InChI=1S/C29H33N3O4/c1-28(2,3)36-26(33)31-29(18-30)15-19-9-8-10-20(16-29)32(19)27(34)35-17-25-23-13-6-4-11-21(23)22-12-5-7-14-24(22)25/h4-7,11-14,19-20,25H,8-10,15-17H2,1-3H3,(H,31,33). The Morgan fingerprint density at radius 3 is 2.11 bits per heavy atom. The van der Waals surface area contributed by atoms with Crippen LogP contribution in [0.25, 0.3) is 11.1 Å². The lowest BCUT2D eigenvalue weighted by Gasteiger charge is -2.50. The molecule has 2 amide bonds. The van der Waals surface area contributed by atoms with Crippen LogP contribution in [0.5, 0.6) is 0 Å². The van der Waals surface area contributed by atoms with Crippen molar-refractivity contribution in [1.82, 2.24) is 10.2 Å². The van der Waals surface area contributed by atoms with Crippen molar-refractivity contribution in [3.05, 3.63) is 59.7 Å². The quantitative estimate of drug-likeness (QED) is 0.596. The average molecular weight is 488 g/mol. The third-order valence-electron chi connectivity index (χ3n) is 7.53. The van der Waals surface area contributed by atoms with E-state index in [9.17, 15) is 14.9 Å². The maximum absolute atomic E-state index is 13.4. The summed E-state index contributed by atoms with van der Waals surface area (Å²) in [5.74, 6) is -0.00184. The summed E-state index contributed by atoms with van der Waals surface area (Å²) in [7, 11) is 0. The van der Waals surface area contributed by atoms with E-state index in [1.807, 2.05) is 29.2 Å². The highest BCUT2D eigenvalue weighted by Crippen LogP contribution is 2.45. The fraction of sp³-hybridized carbons (Fsp3) is 0.483. The lowest BCUT2D eigenvalue weighted by atomic mass is 9.74. The Morgan fingerprint density at radius 1 is 1.03 bits per heavy atom. The molecule has 7 nitrogen and oxygen atoms in total. The summed E-state index contributed by atoms with van der Waals surface area (Å²) in [5.41, 5.74) is 3.02. The Labute approximate surface area is 212 Å². The average Bonchev–Trinajstić information content (AvgIpc) is 3.14. The first-order valence-corrected chi connectivity index (χ1v) is 12.8. The zero-order chi connectivity index (χ0) is 25.5. The molecule has 1 N–H and O–H groups in total. The summed E-state index contributed by atoms with van der Waals surface area (Å²) in [6, 6.07) is 18.6. The first-order chi connectivity index (χ1) is 17.2. The van der Waals surface area contributed by atoms with Gasteiger partial charge < -0.3 is 19.7 Å². The van der Waals surface area contributed by atoms with Gasteiger partial charge in [0.1, 0.15) is 17.7 Å². The molecule has 2 aromatic carbocycles. The molecule has 2 bridgehead atoms. The molecule has 1 aliphatic carbocycles. The second-order valence-electron chi connectivity index (χ2n) is 11.2. The first-order valence-electron chi connectivity index (χ1n) is 12.8. The lowest BCUT2D eigenvalue weighted by Crippen LogP contribution is -2.64. The van der Waals surface area contributed by atoms with Crippen LogP contribution in [0.4, 0.5) is 9.59 Å². The number of amides is 2. The highest BCUT2D eigenvalue weighted by atomic mass is 16.6. The van der Waals surface area contributed by atoms with Gasteiger partial charge in [-0.2, -0.15) is 5.26 Å². The van der Waals surface area contributed by atoms with Crippen molar-refractivity contribution in [2.45, 2.75) is 82.0 Å². The topological polar surface area (TPSA) is 91.7 Å². The van der Waals surface area contributed by atoms with Gasteiger partial charge in [-0.25, -0.2) is 9.59 Å². The normalized spacial score (nSPS) is 24.8. The molecule has 0 saturated carbocycles. The number of piperidine rings is 2. The molecule has 3 aliphatic rings. The van der Waals surface area contributed by atoms with Gasteiger partial charge in [0, 0.05) is 30.8 Å². The van der Waals surface area contributed by atoms with Gasteiger partial charge in [0.15, 0.2) is 0 Å². The Morgan fingerprint density at radius 2 is 1.58 bits per heavy atom. The fourth-order valence-corrected chi connectivity index (χ4v) is 6.14. The molecule has 0 radical (unpaired) electrons. The van der Waals surface area contributed by atoms with Crippen molar-refractivity contribution in [3.63, 3.8) is 0 Å². The zero-order valence-corrected chi connectivity index (χ0v) is 21.1. The Kier molecular flexibility index (Phi) is 6.15. The zero-order valence-electron chi connectivity index (χ0n) is 21.1.